The van der Waals surface area contributed by atoms with Gasteiger partial charge >= 0.3 is 0 Å². The third-order valence-electron chi connectivity index (χ3n) is 3.58. The lowest BCUT2D eigenvalue weighted by Gasteiger charge is -2.14. The average molecular weight is 251 g/mol. The van der Waals surface area contributed by atoms with Gasteiger partial charge in [-0.05, 0) is 38.2 Å². The molecular weight excluding hydrogens is 226 g/mol. The predicted molar refractivity (Wildman–Crippen MR) is 78.4 cm³/mol. The number of hydrogen-bond donors (Lipinski definition) is 0. The molecule has 0 N–H and O–H groups in total. The highest BCUT2D eigenvalue weighted by molar-refractivity contribution is 7.09. The molecule has 0 aliphatic rings. The summed E-state index contributed by atoms with van der Waals surface area (Å²) in [6.45, 7) is 11.2. The van der Waals surface area contributed by atoms with Crippen LogP contribution in [0.15, 0.2) is 11.0 Å². The van der Waals surface area contributed by atoms with Gasteiger partial charge in [-0.3, -0.25) is 0 Å². The molecule has 1 rings (SSSR count). The lowest BCUT2D eigenvalue weighted by molar-refractivity contribution is 0.452. The molecule has 0 amide bonds. The number of nitrogens with zero attached hydrogens (tertiary/aromatic N) is 1. The minimum Gasteiger partial charge on any atom is -0.242 e. The van der Waals surface area contributed by atoms with Crippen molar-refractivity contribution in [2.24, 2.45) is 11.8 Å². The second-order valence-electron chi connectivity index (χ2n) is 5.17. The van der Waals surface area contributed by atoms with E-state index in [1.807, 2.05) is 0 Å². The Balaban J connectivity index is 2.51. The fourth-order valence-electron chi connectivity index (χ4n) is 1.79. The van der Waals surface area contributed by atoms with Crippen molar-refractivity contribution in [2.75, 3.05) is 0 Å². The first-order valence-corrected chi connectivity index (χ1v) is 7.51. The Kier molecular flexibility index (Phi) is 5.90. The third-order valence-corrected chi connectivity index (χ3v) is 4.37. The van der Waals surface area contributed by atoms with Crippen LogP contribution in [0, 0.1) is 18.8 Å². The molecule has 0 radical (unpaired) electrons. The third kappa shape index (κ3) is 5.03. The van der Waals surface area contributed by atoms with Crippen LogP contribution in [0.1, 0.15) is 57.7 Å². The summed E-state index contributed by atoms with van der Waals surface area (Å²) < 4.78 is 0. The monoisotopic (exact) mass is 251 g/mol. The van der Waals surface area contributed by atoms with Gasteiger partial charge in [-0.15, -0.1) is 11.3 Å². The lowest BCUT2D eigenvalue weighted by atomic mass is 9.91. The number of allylic oxidation sites excluding steroid dienone is 1. The van der Waals surface area contributed by atoms with Gasteiger partial charge in [0.05, 0.1) is 10.7 Å². The minimum absolute atomic E-state index is 0.672. The van der Waals surface area contributed by atoms with Gasteiger partial charge in [0, 0.05) is 5.38 Å². The van der Waals surface area contributed by atoms with Crippen LogP contribution in [0.4, 0.5) is 0 Å². The molecule has 1 aromatic rings. The first-order valence-electron chi connectivity index (χ1n) is 6.63. The summed E-state index contributed by atoms with van der Waals surface area (Å²) >= 11 is 1.72. The molecule has 0 spiro atoms. The normalized spacial score (nSPS) is 15.9. The topological polar surface area (TPSA) is 12.9 Å². The van der Waals surface area contributed by atoms with Gasteiger partial charge in [0.15, 0.2) is 0 Å². The number of thiazole rings is 1. The highest BCUT2D eigenvalue weighted by atomic mass is 32.1. The van der Waals surface area contributed by atoms with Gasteiger partial charge in [-0.25, -0.2) is 4.98 Å². The number of aromatic nitrogens is 1. The smallest absolute Gasteiger partial charge is 0.0901 e. The number of aryl methyl sites for hydroxylation is 1. The van der Waals surface area contributed by atoms with Crippen LogP contribution in [0.25, 0.3) is 6.08 Å². The maximum Gasteiger partial charge on any atom is 0.0901 e. The molecule has 2 unspecified atom stereocenters. The number of hydrogen-bond acceptors (Lipinski definition) is 2. The van der Waals surface area contributed by atoms with Crippen molar-refractivity contribution in [3.8, 4) is 0 Å². The highest BCUT2D eigenvalue weighted by Crippen LogP contribution is 2.22. The molecule has 0 aliphatic carbocycles. The fourth-order valence-corrected chi connectivity index (χ4v) is 2.36. The molecule has 2 atom stereocenters. The number of rotatable bonds is 6. The van der Waals surface area contributed by atoms with Crippen molar-refractivity contribution < 1.29 is 0 Å². The molecule has 17 heavy (non-hydrogen) atoms. The van der Waals surface area contributed by atoms with Crippen molar-refractivity contribution in [1.29, 1.82) is 0 Å². The van der Waals surface area contributed by atoms with Crippen molar-refractivity contribution in [3.05, 3.63) is 21.7 Å². The first-order chi connectivity index (χ1) is 8.02. The largest absolute Gasteiger partial charge is 0.242 e. The zero-order valence-corrected chi connectivity index (χ0v) is 12.6. The van der Waals surface area contributed by atoms with Crippen molar-refractivity contribution in [1.82, 2.24) is 4.98 Å². The van der Waals surface area contributed by atoms with Crippen LogP contribution < -0.4 is 0 Å². The van der Waals surface area contributed by atoms with Gasteiger partial charge in [0.25, 0.3) is 0 Å². The maximum absolute atomic E-state index is 4.49. The molecule has 1 aromatic heterocycles. The van der Waals surface area contributed by atoms with Gasteiger partial charge in [-0.2, -0.15) is 0 Å². The summed E-state index contributed by atoms with van der Waals surface area (Å²) in [6.07, 6.45) is 6.16. The Hall–Kier alpha value is -0.630. The summed E-state index contributed by atoms with van der Waals surface area (Å²) in [5.74, 6) is 1.53. The molecule has 0 saturated carbocycles. The van der Waals surface area contributed by atoms with Crippen molar-refractivity contribution in [3.63, 3.8) is 0 Å². The first kappa shape index (κ1) is 14.4. The molecule has 1 heterocycles. The Morgan fingerprint density at radius 1 is 1.41 bits per heavy atom. The zero-order chi connectivity index (χ0) is 12.8. The predicted octanol–water partition coefficient (Wildman–Crippen LogP) is 5.32. The van der Waals surface area contributed by atoms with Crippen LogP contribution in [0.2, 0.25) is 0 Å². The van der Waals surface area contributed by atoms with E-state index in [2.05, 4.69) is 51.1 Å². The Morgan fingerprint density at radius 2 is 2.12 bits per heavy atom. The molecule has 0 aliphatic heterocycles. The summed E-state index contributed by atoms with van der Waals surface area (Å²) in [6, 6.07) is 0. The van der Waals surface area contributed by atoms with Gasteiger partial charge in [0.2, 0.25) is 0 Å². The van der Waals surface area contributed by atoms with Crippen LogP contribution >= 0.6 is 11.3 Å². The molecule has 0 aromatic carbocycles. The Labute approximate surface area is 110 Å². The molecular formula is C15H25NS. The van der Waals surface area contributed by atoms with Gasteiger partial charge in [0.1, 0.15) is 0 Å². The van der Waals surface area contributed by atoms with Crippen LogP contribution in [0.3, 0.4) is 0 Å². The molecule has 0 bridgehead atoms. The summed E-state index contributed by atoms with van der Waals surface area (Å²) in [7, 11) is 0. The summed E-state index contributed by atoms with van der Waals surface area (Å²) in [5, 5.41) is 3.29. The standard InChI is InChI=1S/C15H25NS/c1-6-11(2)7-8-12(3)13(4)9-15-10-17-14(5)16-15/h9-12H,6-8H2,1-5H3/b13-9+. The summed E-state index contributed by atoms with van der Waals surface area (Å²) in [5.41, 5.74) is 2.58. The van der Waals surface area contributed by atoms with E-state index in [1.54, 1.807) is 11.3 Å². The Bertz CT molecular complexity index is 365. The molecule has 2 heteroatoms. The van der Waals surface area contributed by atoms with E-state index in [1.165, 1.54) is 24.8 Å². The second kappa shape index (κ2) is 6.95. The highest BCUT2D eigenvalue weighted by Gasteiger charge is 2.07. The SMILES string of the molecule is CCC(C)CCC(C)/C(C)=C/c1csc(C)n1. The fraction of sp³-hybridized carbons (Fsp3) is 0.667. The Morgan fingerprint density at radius 3 is 2.65 bits per heavy atom. The quantitative estimate of drug-likeness (QED) is 0.667. The second-order valence-corrected chi connectivity index (χ2v) is 6.23. The van der Waals surface area contributed by atoms with Crippen molar-refractivity contribution in [2.45, 2.75) is 53.9 Å². The zero-order valence-electron chi connectivity index (χ0n) is 11.8. The van der Waals surface area contributed by atoms with E-state index in [4.69, 9.17) is 0 Å². The van der Waals surface area contributed by atoms with Crippen molar-refractivity contribution >= 4 is 17.4 Å². The maximum atomic E-state index is 4.49. The van der Waals surface area contributed by atoms with Gasteiger partial charge < -0.3 is 0 Å². The van der Waals surface area contributed by atoms with E-state index in [0.29, 0.717) is 5.92 Å². The van der Waals surface area contributed by atoms with E-state index >= 15 is 0 Å². The lowest BCUT2D eigenvalue weighted by Crippen LogP contribution is -2.01. The molecule has 1 nitrogen and oxygen atoms in total. The van der Waals surface area contributed by atoms with E-state index in [9.17, 15) is 0 Å². The summed E-state index contributed by atoms with van der Waals surface area (Å²) in [4.78, 5) is 4.49. The molecule has 0 saturated heterocycles. The van der Waals surface area contributed by atoms with E-state index in [-0.39, 0.29) is 0 Å². The van der Waals surface area contributed by atoms with E-state index in [0.717, 1.165) is 16.6 Å². The van der Waals surface area contributed by atoms with Gasteiger partial charge in [-0.1, -0.05) is 39.2 Å². The molecule has 96 valence electrons. The average Bonchev–Trinajstić information content (AvgIpc) is 2.70. The molecule has 0 fully saturated rings. The van der Waals surface area contributed by atoms with Crippen LogP contribution in [-0.4, -0.2) is 4.98 Å². The van der Waals surface area contributed by atoms with Crippen LogP contribution in [-0.2, 0) is 0 Å². The van der Waals surface area contributed by atoms with E-state index < -0.39 is 0 Å². The van der Waals surface area contributed by atoms with Crippen LogP contribution in [0.5, 0.6) is 0 Å². The minimum atomic E-state index is 0.672.